The maximum atomic E-state index is 13.0. The van der Waals surface area contributed by atoms with E-state index in [4.69, 9.17) is 0 Å². The van der Waals surface area contributed by atoms with E-state index in [-0.39, 0.29) is 5.91 Å². The normalized spacial score (nSPS) is 11.6. The summed E-state index contributed by atoms with van der Waals surface area (Å²) in [5, 5.41) is 9.73. The van der Waals surface area contributed by atoms with Gasteiger partial charge in [-0.15, -0.1) is 0 Å². The van der Waals surface area contributed by atoms with E-state index >= 15 is 0 Å². The van der Waals surface area contributed by atoms with Gasteiger partial charge in [-0.05, 0) is 55.8 Å². The first-order valence-corrected chi connectivity index (χ1v) is 9.29. The fourth-order valence-corrected chi connectivity index (χ4v) is 2.85. The fourth-order valence-electron chi connectivity index (χ4n) is 2.85. The summed E-state index contributed by atoms with van der Waals surface area (Å²) in [6.45, 7) is 4.84. The van der Waals surface area contributed by atoms with E-state index in [0.29, 0.717) is 22.6 Å². The highest BCUT2D eigenvalue weighted by Gasteiger charge is 2.18. The van der Waals surface area contributed by atoms with Gasteiger partial charge in [-0.1, -0.05) is 12.1 Å². The third-order valence-corrected chi connectivity index (χ3v) is 4.53. The second-order valence-corrected chi connectivity index (χ2v) is 6.88. The van der Waals surface area contributed by atoms with Gasteiger partial charge in [0.15, 0.2) is 0 Å². The van der Waals surface area contributed by atoms with Gasteiger partial charge in [0.25, 0.3) is 5.56 Å². The second-order valence-electron chi connectivity index (χ2n) is 6.88. The number of carbonyl (C=O) groups is 2. The monoisotopic (exact) mass is 408 g/mol. The zero-order valence-electron chi connectivity index (χ0n) is 16.8. The Kier molecular flexibility index (Phi) is 6.06. The molecule has 1 heterocycles. The lowest BCUT2D eigenvalue weighted by molar-refractivity contribution is -0.119. The number of hydrogen-bond acceptors (Lipinski definition) is 4. The van der Waals surface area contributed by atoms with Gasteiger partial charge in [0, 0.05) is 29.9 Å². The SMILES string of the molecule is CC(=O)Nc1cc(-c2ccc(=O)n(C(C)C(=O)Nc3ccc(F)cc3)n2)ccc1C. The Morgan fingerprint density at radius 2 is 1.73 bits per heavy atom. The van der Waals surface area contributed by atoms with Gasteiger partial charge in [-0.2, -0.15) is 5.10 Å². The van der Waals surface area contributed by atoms with Crippen LogP contribution in [0.15, 0.2) is 59.4 Å². The number of rotatable bonds is 5. The van der Waals surface area contributed by atoms with Crippen molar-refractivity contribution in [3.63, 3.8) is 0 Å². The smallest absolute Gasteiger partial charge is 0.267 e. The molecule has 0 aliphatic heterocycles. The van der Waals surface area contributed by atoms with Crippen LogP contribution in [0.1, 0.15) is 25.5 Å². The van der Waals surface area contributed by atoms with Crippen LogP contribution < -0.4 is 16.2 Å². The van der Waals surface area contributed by atoms with Crippen molar-refractivity contribution < 1.29 is 14.0 Å². The summed E-state index contributed by atoms with van der Waals surface area (Å²) in [5.74, 6) is -1.07. The third kappa shape index (κ3) is 4.78. The van der Waals surface area contributed by atoms with E-state index in [2.05, 4.69) is 15.7 Å². The molecule has 2 N–H and O–H groups in total. The van der Waals surface area contributed by atoms with Crippen LogP contribution >= 0.6 is 0 Å². The average Bonchev–Trinajstić information content (AvgIpc) is 2.71. The molecule has 0 bridgehead atoms. The summed E-state index contributed by atoms with van der Waals surface area (Å²) in [5.41, 5.74) is 2.66. The molecule has 2 aromatic carbocycles. The molecule has 0 fully saturated rings. The van der Waals surface area contributed by atoms with E-state index in [1.165, 1.54) is 37.3 Å². The first-order valence-electron chi connectivity index (χ1n) is 9.29. The second kappa shape index (κ2) is 8.69. The highest BCUT2D eigenvalue weighted by Crippen LogP contribution is 2.24. The number of carbonyl (C=O) groups excluding carboxylic acids is 2. The number of aryl methyl sites for hydroxylation is 1. The van der Waals surface area contributed by atoms with E-state index in [1.54, 1.807) is 19.1 Å². The zero-order chi connectivity index (χ0) is 21.8. The molecule has 3 aromatic rings. The Morgan fingerprint density at radius 3 is 2.40 bits per heavy atom. The maximum Gasteiger partial charge on any atom is 0.267 e. The molecule has 0 spiro atoms. The van der Waals surface area contributed by atoms with Gasteiger partial charge in [-0.25, -0.2) is 9.07 Å². The van der Waals surface area contributed by atoms with Crippen molar-refractivity contribution in [3.8, 4) is 11.3 Å². The van der Waals surface area contributed by atoms with Crippen LogP contribution in [-0.2, 0) is 9.59 Å². The minimum atomic E-state index is -0.900. The number of nitrogens with one attached hydrogen (secondary N) is 2. The van der Waals surface area contributed by atoms with Crippen molar-refractivity contribution in [2.45, 2.75) is 26.8 Å². The standard InChI is InChI=1S/C22H21FN4O3/c1-13-4-5-16(12-20(13)24-15(3)28)19-10-11-21(29)27(26-19)14(2)22(30)25-18-8-6-17(23)7-9-18/h4-12,14H,1-3H3,(H,24,28)(H,25,30). The van der Waals surface area contributed by atoms with E-state index in [9.17, 15) is 18.8 Å². The van der Waals surface area contributed by atoms with E-state index in [1.807, 2.05) is 19.1 Å². The molecule has 0 saturated heterocycles. The molecule has 8 heteroatoms. The fraction of sp³-hybridized carbons (Fsp3) is 0.182. The molecule has 7 nitrogen and oxygen atoms in total. The maximum absolute atomic E-state index is 13.0. The van der Waals surface area contributed by atoms with Crippen LogP contribution in [0.5, 0.6) is 0 Å². The molecule has 1 aromatic heterocycles. The van der Waals surface area contributed by atoms with Gasteiger partial charge in [0.1, 0.15) is 11.9 Å². The first-order chi connectivity index (χ1) is 14.2. The number of hydrogen-bond donors (Lipinski definition) is 2. The number of amides is 2. The number of nitrogens with zero attached hydrogens (tertiary/aromatic N) is 2. The zero-order valence-corrected chi connectivity index (χ0v) is 16.8. The summed E-state index contributed by atoms with van der Waals surface area (Å²) < 4.78 is 14.1. The Bertz CT molecular complexity index is 1160. The molecule has 3 rings (SSSR count). The van der Waals surface area contributed by atoms with Crippen LogP contribution in [0.25, 0.3) is 11.3 Å². The molecule has 0 aliphatic carbocycles. The van der Waals surface area contributed by atoms with E-state index < -0.39 is 23.3 Å². The summed E-state index contributed by atoms with van der Waals surface area (Å²) in [6.07, 6.45) is 0. The molecule has 1 unspecified atom stereocenters. The minimum Gasteiger partial charge on any atom is -0.326 e. The molecule has 0 radical (unpaired) electrons. The quantitative estimate of drug-likeness (QED) is 0.676. The van der Waals surface area contributed by atoms with E-state index in [0.717, 1.165) is 10.2 Å². The Labute approximate surface area is 172 Å². The number of benzene rings is 2. The largest absolute Gasteiger partial charge is 0.326 e. The van der Waals surface area contributed by atoms with Crippen LogP contribution in [0.4, 0.5) is 15.8 Å². The van der Waals surface area contributed by atoms with Crippen LogP contribution in [-0.4, -0.2) is 21.6 Å². The molecule has 1 atom stereocenters. The van der Waals surface area contributed by atoms with Crippen molar-refractivity contribution in [1.29, 1.82) is 0 Å². The predicted molar refractivity (Wildman–Crippen MR) is 113 cm³/mol. The van der Waals surface area contributed by atoms with Gasteiger partial charge in [0.2, 0.25) is 11.8 Å². The first kappa shape index (κ1) is 20.9. The van der Waals surface area contributed by atoms with Gasteiger partial charge in [-0.3, -0.25) is 14.4 Å². The van der Waals surface area contributed by atoms with Crippen molar-refractivity contribution >= 4 is 23.2 Å². The van der Waals surface area contributed by atoms with Crippen molar-refractivity contribution in [2.75, 3.05) is 10.6 Å². The number of halogens is 1. The summed E-state index contributed by atoms with van der Waals surface area (Å²) in [7, 11) is 0. The Morgan fingerprint density at radius 1 is 1.03 bits per heavy atom. The highest BCUT2D eigenvalue weighted by atomic mass is 19.1. The molecule has 2 amide bonds. The topological polar surface area (TPSA) is 93.1 Å². The van der Waals surface area contributed by atoms with Crippen LogP contribution in [0, 0.1) is 12.7 Å². The molecule has 0 saturated carbocycles. The summed E-state index contributed by atoms with van der Waals surface area (Å²) in [6, 6.07) is 12.7. The Balaban J connectivity index is 1.89. The Hall–Kier alpha value is -3.81. The third-order valence-electron chi connectivity index (χ3n) is 4.53. The van der Waals surface area contributed by atoms with Crippen molar-refractivity contribution in [2.24, 2.45) is 0 Å². The van der Waals surface area contributed by atoms with Crippen LogP contribution in [0.2, 0.25) is 0 Å². The lowest BCUT2D eigenvalue weighted by atomic mass is 10.1. The average molecular weight is 408 g/mol. The lowest BCUT2D eigenvalue weighted by Crippen LogP contribution is -2.33. The molecule has 30 heavy (non-hydrogen) atoms. The molecular formula is C22H21FN4O3. The minimum absolute atomic E-state index is 0.195. The van der Waals surface area contributed by atoms with Gasteiger partial charge >= 0.3 is 0 Å². The molecule has 154 valence electrons. The molecular weight excluding hydrogens is 387 g/mol. The predicted octanol–water partition coefficient (Wildman–Crippen LogP) is 3.52. The van der Waals surface area contributed by atoms with Gasteiger partial charge in [0.05, 0.1) is 5.69 Å². The summed E-state index contributed by atoms with van der Waals surface area (Å²) in [4.78, 5) is 36.3. The van der Waals surface area contributed by atoms with Crippen LogP contribution in [0.3, 0.4) is 0 Å². The van der Waals surface area contributed by atoms with Gasteiger partial charge < -0.3 is 10.6 Å². The lowest BCUT2D eigenvalue weighted by Gasteiger charge is -2.15. The summed E-state index contributed by atoms with van der Waals surface area (Å²) >= 11 is 0. The molecule has 0 aliphatic rings. The van der Waals surface area contributed by atoms with Crippen molar-refractivity contribution in [3.05, 3.63) is 76.3 Å². The highest BCUT2D eigenvalue weighted by molar-refractivity contribution is 5.93. The number of aromatic nitrogens is 2. The number of anilines is 2. The van der Waals surface area contributed by atoms with Crippen molar-refractivity contribution in [1.82, 2.24) is 9.78 Å².